The van der Waals surface area contributed by atoms with Gasteiger partial charge in [-0.25, -0.2) is 0 Å². The molecule has 0 bridgehead atoms. The van der Waals surface area contributed by atoms with Crippen molar-refractivity contribution >= 4 is 34.6 Å². The molecule has 2 rings (SSSR count). The minimum absolute atomic E-state index is 0.282. The van der Waals surface area contributed by atoms with Crippen molar-refractivity contribution in [3.8, 4) is 0 Å². The molecule has 2 N–H and O–H groups in total. The number of thiocarbonyl (C=S) groups is 1. The number of anilines is 1. The van der Waals surface area contributed by atoms with E-state index in [1.54, 1.807) is 0 Å². The summed E-state index contributed by atoms with van der Waals surface area (Å²) in [6, 6.07) is 3.98. The van der Waals surface area contributed by atoms with Crippen LogP contribution >= 0.6 is 23.8 Å². The SMILES string of the molecule is FC(F)(F)c1cc(NC(=S)NC2CCCCCCC2)ccc1Cl. The van der Waals surface area contributed by atoms with Gasteiger partial charge in [-0.2, -0.15) is 13.2 Å². The molecule has 0 spiro atoms. The third-order valence-corrected chi connectivity index (χ3v) is 4.52. The molecule has 1 aromatic rings. The molecule has 1 fully saturated rings. The maximum absolute atomic E-state index is 12.9. The van der Waals surface area contributed by atoms with Gasteiger partial charge in [-0.3, -0.25) is 0 Å². The maximum atomic E-state index is 12.9. The molecule has 0 atom stereocenters. The maximum Gasteiger partial charge on any atom is 0.417 e. The second-order valence-electron chi connectivity index (χ2n) is 5.83. The van der Waals surface area contributed by atoms with Crippen LogP contribution in [-0.4, -0.2) is 11.2 Å². The van der Waals surface area contributed by atoms with Gasteiger partial charge < -0.3 is 10.6 Å². The van der Waals surface area contributed by atoms with E-state index in [0.29, 0.717) is 5.11 Å². The highest BCUT2D eigenvalue weighted by atomic mass is 35.5. The Labute approximate surface area is 144 Å². The fourth-order valence-corrected chi connectivity index (χ4v) is 3.28. The monoisotopic (exact) mass is 364 g/mol. The summed E-state index contributed by atoms with van der Waals surface area (Å²) in [6.45, 7) is 0. The van der Waals surface area contributed by atoms with Gasteiger partial charge in [0.25, 0.3) is 0 Å². The fraction of sp³-hybridized carbons (Fsp3) is 0.562. The summed E-state index contributed by atoms with van der Waals surface area (Å²) in [5.74, 6) is 0. The molecule has 0 aliphatic heterocycles. The van der Waals surface area contributed by atoms with E-state index in [2.05, 4.69) is 10.6 Å². The highest BCUT2D eigenvalue weighted by Gasteiger charge is 2.33. The Balaban J connectivity index is 1.97. The van der Waals surface area contributed by atoms with Crippen molar-refractivity contribution in [2.24, 2.45) is 0 Å². The van der Waals surface area contributed by atoms with Crippen molar-refractivity contribution in [1.29, 1.82) is 0 Å². The van der Waals surface area contributed by atoms with Gasteiger partial charge >= 0.3 is 6.18 Å². The van der Waals surface area contributed by atoms with Gasteiger partial charge in [-0.05, 0) is 43.3 Å². The van der Waals surface area contributed by atoms with Crippen molar-refractivity contribution in [3.05, 3.63) is 28.8 Å². The lowest BCUT2D eigenvalue weighted by Gasteiger charge is -2.23. The lowest BCUT2D eigenvalue weighted by Crippen LogP contribution is -2.38. The van der Waals surface area contributed by atoms with Gasteiger partial charge in [-0.15, -0.1) is 0 Å². The summed E-state index contributed by atoms with van der Waals surface area (Å²) in [5.41, 5.74) is -0.581. The van der Waals surface area contributed by atoms with Crippen LogP contribution in [0.15, 0.2) is 18.2 Å². The first-order chi connectivity index (χ1) is 10.9. The number of hydrogen-bond acceptors (Lipinski definition) is 1. The normalized spacial score (nSPS) is 17.2. The largest absolute Gasteiger partial charge is 0.417 e. The van der Waals surface area contributed by atoms with Gasteiger partial charge in [0.15, 0.2) is 5.11 Å². The number of rotatable bonds is 2. The van der Waals surface area contributed by atoms with Gasteiger partial charge in [0.1, 0.15) is 0 Å². The number of hydrogen-bond donors (Lipinski definition) is 2. The molecule has 1 saturated carbocycles. The minimum Gasteiger partial charge on any atom is -0.360 e. The summed E-state index contributed by atoms with van der Waals surface area (Å²) in [4.78, 5) is 0. The molecule has 0 saturated heterocycles. The van der Waals surface area contributed by atoms with E-state index in [-0.39, 0.29) is 16.8 Å². The summed E-state index contributed by atoms with van der Waals surface area (Å²) in [7, 11) is 0. The Morgan fingerprint density at radius 1 is 1.09 bits per heavy atom. The third-order valence-electron chi connectivity index (χ3n) is 3.97. The topological polar surface area (TPSA) is 24.1 Å². The smallest absolute Gasteiger partial charge is 0.360 e. The number of alkyl halides is 3. The molecular weight excluding hydrogens is 345 g/mol. The van der Waals surface area contributed by atoms with Crippen LogP contribution in [-0.2, 0) is 6.18 Å². The van der Waals surface area contributed by atoms with Crippen molar-refractivity contribution < 1.29 is 13.2 Å². The van der Waals surface area contributed by atoms with Crippen molar-refractivity contribution in [2.75, 3.05) is 5.32 Å². The van der Waals surface area contributed by atoms with Crippen LogP contribution in [0, 0.1) is 0 Å². The first kappa shape index (κ1) is 18.3. The Hall–Kier alpha value is -1.01. The molecule has 0 unspecified atom stereocenters. The van der Waals surface area contributed by atoms with Crippen molar-refractivity contribution in [3.63, 3.8) is 0 Å². The molecule has 1 aliphatic rings. The predicted octanol–water partition coefficient (Wildman–Crippen LogP) is 5.76. The van der Waals surface area contributed by atoms with Crippen LogP contribution in [0.1, 0.15) is 50.5 Å². The standard InChI is InChI=1S/C16H20ClF3N2S/c17-14-9-8-12(10-13(14)16(18,19)20)22-15(23)21-11-6-4-2-1-3-5-7-11/h8-11H,1-7H2,(H2,21,22,23). The number of benzene rings is 1. The van der Waals surface area contributed by atoms with E-state index in [0.717, 1.165) is 31.7 Å². The van der Waals surface area contributed by atoms with Crippen LogP contribution < -0.4 is 10.6 Å². The van der Waals surface area contributed by atoms with E-state index in [4.69, 9.17) is 23.8 Å². The highest BCUT2D eigenvalue weighted by Crippen LogP contribution is 2.36. The van der Waals surface area contributed by atoms with Crippen LogP contribution in [0.3, 0.4) is 0 Å². The average Bonchev–Trinajstić information content (AvgIpc) is 2.42. The quantitative estimate of drug-likeness (QED) is 0.652. The molecule has 1 aliphatic carbocycles. The minimum atomic E-state index is -4.48. The molecule has 7 heteroatoms. The Morgan fingerprint density at radius 3 is 2.30 bits per heavy atom. The summed E-state index contributed by atoms with van der Waals surface area (Å²) < 4.78 is 38.6. The predicted molar refractivity (Wildman–Crippen MR) is 91.9 cm³/mol. The lowest BCUT2D eigenvalue weighted by atomic mass is 9.97. The van der Waals surface area contributed by atoms with E-state index >= 15 is 0 Å². The van der Waals surface area contributed by atoms with Crippen LogP contribution in [0.25, 0.3) is 0 Å². The molecular formula is C16H20ClF3N2S. The molecule has 0 amide bonds. The first-order valence-corrected chi connectivity index (χ1v) is 8.59. The molecule has 2 nitrogen and oxygen atoms in total. The zero-order chi connectivity index (χ0) is 16.9. The molecule has 1 aromatic carbocycles. The van der Waals surface area contributed by atoms with E-state index < -0.39 is 11.7 Å². The van der Waals surface area contributed by atoms with Crippen LogP contribution in [0.4, 0.5) is 18.9 Å². The summed E-state index contributed by atoms with van der Waals surface area (Å²) in [5, 5.41) is 6.08. The Morgan fingerprint density at radius 2 is 1.70 bits per heavy atom. The molecule has 23 heavy (non-hydrogen) atoms. The second kappa shape index (κ2) is 8.20. The Kier molecular flexibility index (Phi) is 6.53. The van der Waals surface area contributed by atoms with Gasteiger partial charge in [0.2, 0.25) is 0 Å². The lowest BCUT2D eigenvalue weighted by molar-refractivity contribution is -0.137. The van der Waals surface area contributed by atoms with Crippen molar-refractivity contribution in [2.45, 2.75) is 57.2 Å². The highest BCUT2D eigenvalue weighted by molar-refractivity contribution is 7.80. The summed E-state index contributed by atoms with van der Waals surface area (Å²) in [6.07, 6.45) is 3.63. The van der Waals surface area contributed by atoms with Gasteiger partial charge in [0, 0.05) is 11.7 Å². The Bertz CT molecular complexity index is 541. The zero-order valence-corrected chi connectivity index (χ0v) is 14.3. The number of halogens is 4. The van der Waals surface area contributed by atoms with E-state index in [9.17, 15) is 13.2 Å². The summed E-state index contributed by atoms with van der Waals surface area (Å²) >= 11 is 10.8. The average molecular weight is 365 g/mol. The van der Waals surface area contributed by atoms with Crippen LogP contribution in [0.5, 0.6) is 0 Å². The van der Waals surface area contributed by atoms with Crippen molar-refractivity contribution in [1.82, 2.24) is 5.32 Å². The second-order valence-corrected chi connectivity index (χ2v) is 6.65. The van der Waals surface area contributed by atoms with Gasteiger partial charge in [0.05, 0.1) is 10.6 Å². The molecule has 0 aromatic heterocycles. The molecule has 0 radical (unpaired) electrons. The number of nitrogens with one attached hydrogen (secondary N) is 2. The van der Waals surface area contributed by atoms with E-state index in [1.165, 1.54) is 31.4 Å². The first-order valence-electron chi connectivity index (χ1n) is 7.80. The van der Waals surface area contributed by atoms with E-state index in [1.807, 2.05) is 0 Å². The fourth-order valence-electron chi connectivity index (χ4n) is 2.77. The van der Waals surface area contributed by atoms with Gasteiger partial charge in [-0.1, -0.05) is 43.7 Å². The third kappa shape index (κ3) is 5.84. The van der Waals surface area contributed by atoms with Crippen LogP contribution in [0.2, 0.25) is 5.02 Å². The molecule has 0 heterocycles. The zero-order valence-electron chi connectivity index (χ0n) is 12.7. The molecule has 128 valence electrons.